The Morgan fingerprint density at radius 1 is 1.71 bits per heavy atom. The maximum Gasteiger partial charge on any atom is 0.290 e. The maximum absolute atomic E-state index is 11.4. The zero-order valence-corrected chi connectivity index (χ0v) is 8.16. The number of nitrogens with zero attached hydrogens (tertiary/aromatic N) is 2. The van der Waals surface area contributed by atoms with E-state index in [4.69, 9.17) is 0 Å². The molecule has 0 amide bonds. The van der Waals surface area contributed by atoms with E-state index in [1.807, 2.05) is 11.9 Å². The molecule has 2 rings (SSSR count). The van der Waals surface area contributed by atoms with E-state index in [2.05, 4.69) is 15.3 Å². The Balaban J connectivity index is 2.18. The average Bonchev–Trinajstić information content (AvgIpc) is 2.67. The number of nitrogens with one attached hydrogen (secondary N) is 2. The standard InChI is InChI=1S/C9H14N4O/c1-10-7-2-5-13(6-7)8-9(14)12-4-3-11-8/h3-4,7,10H,2,5-6H2,1H3,(H,12,14). The van der Waals surface area contributed by atoms with Crippen LogP contribution in [0.5, 0.6) is 0 Å². The number of aromatic nitrogens is 2. The predicted octanol–water partition coefficient (Wildman–Crippen LogP) is -0.432. The van der Waals surface area contributed by atoms with Crippen molar-refractivity contribution >= 4 is 5.82 Å². The molecule has 2 N–H and O–H groups in total. The van der Waals surface area contributed by atoms with Gasteiger partial charge in [-0.05, 0) is 13.5 Å². The van der Waals surface area contributed by atoms with Crippen molar-refractivity contribution < 1.29 is 0 Å². The Bertz CT molecular complexity index is 362. The molecule has 5 heteroatoms. The molecule has 0 aromatic carbocycles. The van der Waals surface area contributed by atoms with Crippen LogP contribution in [0.3, 0.4) is 0 Å². The molecule has 0 radical (unpaired) electrons. The molecule has 0 bridgehead atoms. The fraction of sp³-hybridized carbons (Fsp3) is 0.556. The third kappa shape index (κ3) is 1.63. The van der Waals surface area contributed by atoms with Gasteiger partial charge in [0.2, 0.25) is 0 Å². The molecule has 1 aromatic heterocycles. The summed E-state index contributed by atoms with van der Waals surface area (Å²) in [7, 11) is 1.94. The van der Waals surface area contributed by atoms with Crippen molar-refractivity contribution in [2.75, 3.05) is 25.0 Å². The first-order valence-electron chi connectivity index (χ1n) is 4.77. The average molecular weight is 194 g/mol. The Morgan fingerprint density at radius 3 is 3.21 bits per heavy atom. The van der Waals surface area contributed by atoms with E-state index in [9.17, 15) is 4.79 Å². The fourth-order valence-electron chi connectivity index (χ4n) is 1.76. The lowest BCUT2D eigenvalue weighted by atomic mass is 10.3. The lowest BCUT2D eigenvalue weighted by Crippen LogP contribution is -2.32. The molecular formula is C9H14N4O. The molecule has 0 aliphatic carbocycles. The largest absolute Gasteiger partial charge is 0.350 e. The van der Waals surface area contributed by atoms with Crippen LogP contribution in [0.2, 0.25) is 0 Å². The van der Waals surface area contributed by atoms with E-state index in [1.165, 1.54) is 0 Å². The van der Waals surface area contributed by atoms with E-state index >= 15 is 0 Å². The molecule has 1 fully saturated rings. The molecule has 1 aliphatic heterocycles. The monoisotopic (exact) mass is 194 g/mol. The van der Waals surface area contributed by atoms with E-state index in [0.29, 0.717) is 11.9 Å². The Labute approximate surface area is 82.2 Å². The minimum Gasteiger partial charge on any atom is -0.350 e. The second-order valence-corrected chi connectivity index (χ2v) is 3.46. The first-order chi connectivity index (χ1) is 6.81. The van der Waals surface area contributed by atoms with Crippen molar-refractivity contribution in [2.24, 2.45) is 0 Å². The highest BCUT2D eigenvalue weighted by Gasteiger charge is 2.23. The summed E-state index contributed by atoms with van der Waals surface area (Å²) in [4.78, 5) is 20.1. The van der Waals surface area contributed by atoms with Crippen LogP contribution < -0.4 is 15.8 Å². The number of anilines is 1. The van der Waals surface area contributed by atoms with Crippen molar-refractivity contribution in [3.8, 4) is 0 Å². The lowest BCUT2D eigenvalue weighted by Gasteiger charge is -2.15. The number of likely N-dealkylation sites (N-methyl/N-ethyl adjacent to an activating group) is 1. The van der Waals surface area contributed by atoms with Crippen LogP contribution in [-0.2, 0) is 0 Å². The highest BCUT2D eigenvalue weighted by Crippen LogP contribution is 2.13. The second kappa shape index (κ2) is 3.79. The summed E-state index contributed by atoms with van der Waals surface area (Å²) in [6.45, 7) is 1.75. The number of rotatable bonds is 2. The smallest absolute Gasteiger partial charge is 0.290 e. The van der Waals surface area contributed by atoms with Gasteiger partial charge in [-0.15, -0.1) is 0 Å². The van der Waals surface area contributed by atoms with Gasteiger partial charge in [0.25, 0.3) is 5.56 Å². The molecule has 1 saturated heterocycles. The molecule has 1 unspecified atom stereocenters. The third-order valence-corrected chi connectivity index (χ3v) is 2.58. The molecule has 1 atom stereocenters. The summed E-state index contributed by atoms with van der Waals surface area (Å²) >= 11 is 0. The molecule has 0 spiro atoms. The first-order valence-corrected chi connectivity index (χ1v) is 4.77. The summed E-state index contributed by atoms with van der Waals surface area (Å²) < 4.78 is 0. The van der Waals surface area contributed by atoms with Crippen LogP contribution in [0, 0.1) is 0 Å². The summed E-state index contributed by atoms with van der Waals surface area (Å²) in [5.41, 5.74) is -0.107. The van der Waals surface area contributed by atoms with Gasteiger partial charge in [-0.3, -0.25) is 4.79 Å². The number of hydrogen-bond acceptors (Lipinski definition) is 4. The van der Waals surface area contributed by atoms with Crippen molar-refractivity contribution in [3.63, 3.8) is 0 Å². The van der Waals surface area contributed by atoms with Crippen molar-refractivity contribution in [1.29, 1.82) is 0 Å². The van der Waals surface area contributed by atoms with Gasteiger partial charge in [-0.1, -0.05) is 0 Å². The van der Waals surface area contributed by atoms with Crippen molar-refractivity contribution in [3.05, 3.63) is 22.7 Å². The molecular weight excluding hydrogens is 180 g/mol. The predicted molar refractivity (Wildman–Crippen MR) is 54.5 cm³/mol. The maximum atomic E-state index is 11.4. The topological polar surface area (TPSA) is 61.0 Å². The lowest BCUT2D eigenvalue weighted by molar-refractivity contribution is 0.616. The van der Waals surface area contributed by atoms with Crippen molar-refractivity contribution in [2.45, 2.75) is 12.5 Å². The number of H-pyrrole nitrogens is 1. The highest BCUT2D eigenvalue weighted by atomic mass is 16.1. The van der Waals surface area contributed by atoms with Crippen LogP contribution in [0.25, 0.3) is 0 Å². The normalized spacial score (nSPS) is 21.5. The van der Waals surface area contributed by atoms with Gasteiger partial charge < -0.3 is 15.2 Å². The number of hydrogen-bond donors (Lipinski definition) is 2. The quantitative estimate of drug-likeness (QED) is 0.670. The summed E-state index contributed by atoms with van der Waals surface area (Å²) in [5, 5.41) is 3.20. The molecule has 0 saturated carbocycles. The van der Waals surface area contributed by atoms with E-state index in [1.54, 1.807) is 12.4 Å². The minimum atomic E-state index is -0.107. The first kappa shape index (κ1) is 9.21. The van der Waals surface area contributed by atoms with Gasteiger partial charge in [0.15, 0.2) is 5.82 Å². The van der Waals surface area contributed by atoms with Gasteiger partial charge in [0.05, 0.1) is 0 Å². The molecule has 1 aliphatic rings. The molecule has 2 heterocycles. The molecule has 14 heavy (non-hydrogen) atoms. The minimum absolute atomic E-state index is 0.107. The zero-order valence-electron chi connectivity index (χ0n) is 8.16. The molecule has 76 valence electrons. The summed E-state index contributed by atoms with van der Waals surface area (Å²) in [6.07, 6.45) is 4.23. The van der Waals surface area contributed by atoms with Crippen LogP contribution >= 0.6 is 0 Å². The van der Waals surface area contributed by atoms with Crippen LogP contribution in [0.1, 0.15) is 6.42 Å². The SMILES string of the molecule is CNC1CCN(c2ncc[nH]c2=O)C1. The van der Waals surface area contributed by atoms with Gasteiger partial charge >= 0.3 is 0 Å². The van der Waals surface area contributed by atoms with Gasteiger partial charge in [0.1, 0.15) is 0 Å². The Kier molecular flexibility index (Phi) is 2.49. The highest BCUT2D eigenvalue weighted by molar-refractivity contribution is 5.37. The fourth-order valence-corrected chi connectivity index (χ4v) is 1.76. The van der Waals surface area contributed by atoms with Crippen LogP contribution in [0.4, 0.5) is 5.82 Å². The van der Waals surface area contributed by atoms with Gasteiger partial charge in [-0.2, -0.15) is 0 Å². The van der Waals surface area contributed by atoms with E-state index < -0.39 is 0 Å². The summed E-state index contributed by atoms with van der Waals surface area (Å²) in [5.74, 6) is 0.533. The third-order valence-electron chi connectivity index (χ3n) is 2.58. The van der Waals surface area contributed by atoms with Gasteiger partial charge in [-0.25, -0.2) is 4.98 Å². The zero-order chi connectivity index (χ0) is 9.97. The van der Waals surface area contributed by atoms with Crippen LogP contribution in [0.15, 0.2) is 17.2 Å². The van der Waals surface area contributed by atoms with E-state index in [0.717, 1.165) is 19.5 Å². The Morgan fingerprint density at radius 2 is 2.57 bits per heavy atom. The Hall–Kier alpha value is -1.36. The second-order valence-electron chi connectivity index (χ2n) is 3.46. The van der Waals surface area contributed by atoms with Crippen LogP contribution in [-0.4, -0.2) is 36.1 Å². The molecule has 1 aromatic rings. The summed E-state index contributed by atoms with van der Waals surface area (Å²) in [6, 6.07) is 0.469. The van der Waals surface area contributed by atoms with E-state index in [-0.39, 0.29) is 5.56 Å². The molecule has 5 nitrogen and oxygen atoms in total. The number of aromatic amines is 1. The van der Waals surface area contributed by atoms with Crippen molar-refractivity contribution in [1.82, 2.24) is 15.3 Å². The van der Waals surface area contributed by atoms with Gasteiger partial charge in [0, 0.05) is 31.5 Å².